The number of sulfonamides is 1. The standard InChI is InChI=1S/C20H27N5O5S3/c1-4-14(16-9-13(10-30-16)12(2)3)21-18-19(24-32(27)23-18)22-15-11-31-20(17(15)26)33(28,29)25-7-5-6-8-25/h9-12,14,26H,4-8H2,1-3H3,(H,21,23)(H,22,24)/t14-,32?/m1/s1. The number of nitrogens with zero attached hydrogens (tertiary/aromatic N) is 3. The van der Waals surface area contributed by atoms with Gasteiger partial charge in [0.25, 0.3) is 10.0 Å². The van der Waals surface area contributed by atoms with Crippen molar-refractivity contribution in [2.75, 3.05) is 18.4 Å². The van der Waals surface area contributed by atoms with Crippen molar-refractivity contribution in [1.82, 2.24) is 13.1 Å². The number of H-pyrrole nitrogens is 1. The van der Waals surface area contributed by atoms with E-state index in [4.69, 9.17) is 4.42 Å². The summed E-state index contributed by atoms with van der Waals surface area (Å²) in [5.74, 6) is 0.771. The van der Waals surface area contributed by atoms with Crippen LogP contribution in [0, 0.1) is 0 Å². The highest BCUT2D eigenvalue weighted by Gasteiger charge is 2.32. The fourth-order valence-electron chi connectivity index (χ4n) is 3.59. The SMILES string of the molecule is CC[C@@H](N=c1[nH][s+]([O-])nc1Nc1csc(S(=O)(=O)N2CCCC2)c1O)c1cc(C(C)C)co1. The first kappa shape index (κ1) is 24.0. The summed E-state index contributed by atoms with van der Waals surface area (Å²) in [6.07, 6.45) is 3.95. The van der Waals surface area contributed by atoms with E-state index in [0.717, 1.165) is 29.7 Å². The van der Waals surface area contributed by atoms with Crippen LogP contribution in [0.5, 0.6) is 5.75 Å². The van der Waals surface area contributed by atoms with Crippen molar-refractivity contribution in [1.29, 1.82) is 0 Å². The molecular weight excluding hydrogens is 486 g/mol. The minimum absolute atomic E-state index is 0.124. The molecule has 0 bridgehead atoms. The Kier molecular flexibility index (Phi) is 6.96. The summed E-state index contributed by atoms with van der Waals surface area (Å²) in [7, 11) is -3.77. The summed E-state index contributed by atoms with van der Waals surface area (Å²) in [6.45, 7) is 6.99. The van der Waals surface area contributed by atoms with E-state index in [-0.39, 0.29) is 33.0 Å². The molecule has 1 saturated heterocycles. The maximum atomic E-state index is 12.8. The molecule has 1 aliphatic heterocycles. The highest BCUT2D eigenvalue weighted by molar-refractivity contribution is 7.91. The summed E-state index contributed by atoms with van der Waals surface area (Å²) in [5, 5.41) is 15.0. The summed E-state index contributed by atoms with van der Waals surface area (Å²) in [5.41, 5.74) is 1.48. The molecule has 3 N–H and O–H groups in total. The molecule has 0 aromatic carbocycles. The second-order valence-electron chi connectivity index (χ2n) is 8.15. The molecule has 180 valence electrons. The molecule has 1 unspecified atom stereocenters. The van der Waals surface area contributed by atoms with Crippen molar-refractivity contribution in [2.45, 2.75) is 56.2 Å². The van der Waals surface area contributed by atoms with Gasteiger partial charge in [-0.2, -0.15) is 4.31 Å². The number of hydrogen-bond acceptors (Lipinski definition) is 9. The van der Waals surface area contributed by atoms with E-state index in [9.17, 15) is 18.1 Å². The Morgan fingerprint density at radius 3 is 2.79 bits per heavy atom. The van der Waals surface area contributed by atoms with Crippen LogP contribution < -0.4 is 10.8 Å². The first-order valence-corrected chi connectivity index (χ1v) is 14.1. The molecule has 13 heteroatoms. The number of hydrogen-bond donors (Lipinski definition) is 3. The van der Waals surface area contributed by atoms with Crippen LogP contribution >= 0.6 is 22.5 Å². The van der Waals surface area contributed by atoms with Crippen molar-refractivity contribution >= 4 is 44.0 Å². The number of nitrogens with one attached hydrogen (secondary N) is 2. The molecule has 4 rings (SSSR count). The Labute approximate surface area is 199 Å². The number of aromatic amines is 1. The van der Waals surface area contributed by atoms with Crippen molar-refractivity contribution in [2.24, 2.45) is 4.99 Å². The monoisotopic (exact) mass is 513 g/mol. The largest absolute Gasteiger partial charge is 0.548 e. The Bertz CT molecular complexity index is 1280. The molecule has 0 aliphatic carbocycles. The average Bonchev–Trinajstić information content (AvgIpc) is 3.55. The fourth-order valence-corrected chi connectivity index (χ4v) is 7.14. The van der Waals surface area contributed by atoms with Gasteiger partial charge in [-0.15, -0.1) is 15.7 Å². The van der Waals surface area contributed by atoms with Gasteiger partial charge in [-0.25, -0.2) is 13.4 Å². The highest BCUT2D eigenvalue weighted by atomic mass is 32.2. The zero-order valence-corrected chi connectivity index (χ0v) is 21.0. The molecule has 10 nitrogen and oxygen atoms in total. The van der Waals surface area contributed by atoms with Gasteiger partial charge in [0, 0.05) is 22.8 Å². The third kappa shape index (κ3) is 4.87. The lowest BCUT2D eigenvalue weighted by Crippen LogP contribution is -2.27. The molecule has 33 heavy (non-hydrogen) atoms. The maximum Gasteiger partial charge on any atom is 0.256 e. The van der Waals surface area contributed by atoms with E-state index in [2.05, 4.69) is 32.9 Å². The molecule has 1 aliphatic rings. The average molecular weight is 514 g/mol. The smallest absolute Gasteiger partial charge is 0.256 e. The van der Waals surface area contributed by atoms with E-state index in [1.807, 2.05) is 13.0 Å². The molecule has 4 heterocycles. The normalized spacial score (nSPS) is 17.2. The van der Waals surface area contributed by atoms with E-state index in [1.54, 1.807) is 6.26 Å². The van der Waals surface area contributed by atoms with Crippen molar-refractivity contribution in [3.05, 3.63) is 34.5 Å². The molecule has 3 aromatic rings. The first-order chi connectivity index (χ1) is 15.7. The maximum absolute atomic E-state index is 12.8. The third-order valence-electron chi connectivity index (χ3n) is 5.51. The Morgan fingerprint density at radius 2 is 2.15 bits per heavy atom. The van der Waals surface area contributed by atoms with Crippen LogP contribution in [0.25, 0.3) is 0 Å². The zero-order chi connectivity index (χ0) is 23.8. The van der Waals surface area contributed by atoms with Gasteiger partial charge in [0.2, 0.25) is 11.3 Å². The molecule has 1 fully saturated rings. The minimum Gasteiger partial charge on any atom is -0.548 e. The van der Waals surface area contributed by atoms with Crippen LogP contribution in [0.2, 0.25) is 0 Å². The van der Waals surface area contributed by atoms with Crippen molar-refractivity contribution in [3.8, 4) is 5.75 Å². The third-order valence-corrected chi connectivity index (χ3v) is 9.62. The second-order valence-corrected chi connectivity index (χ2v) is 12.0. The predicted octanol–water partition coefficient (Wildman–Crippen LogP) is 4.20. The molecular formula is C20H27N5O5S3. The van der Waals surface area contributed by atoms with Gasteiger partial charge in [-0.1, -0.05) is 20.8 Å². The number of aromatic nitrogens is 2. The molecule has 0 spiro atoms. The summed E-state index contributed by atoms with van der Waals surface area (Å²) < 4.78 is 51.4. The summed E-state index contributed by atoms with van der Waals surface area (Å²) in [6, 6.07) is 1.63. The summed E-state index contributed by atoms with van der Waals surface area (Å²) >= 11 is -0.815. The minimum atomic E-state index is -3.77. The lowest BCUT2D eigenvalue weighted by molar-refractivity contribution is 0.451. The zero-order valence-electron chi connectivity index (χ0n) is 18.6. The fraction of sp³-hybridized carbons (Fsp3) is 0.500. The van der Waals surface area contributed by atoms with Gasteiger partial charge in [0.15, 0.2) is 21.1 Å². The van der Waals surface area contributed by atoms with Crippen molar-refractivity contribution in [3.63, 3.8) is 0 Å². The van der Waals surface area contributed by atoms with E-state index >= 15 is 0 Å². The highest BCUT2D eigenvalue weighted by Crippen LogP contribution is 2.40. The van der Waals surface area contributed by atoms with Gasteiger partial charge in [-0.3, -0.25) is 0 Å². The number of rotatable bonds is 8. The lowest BCUT2D eigenvalue weighted by atomic mass is 10.1. The number of furan rings is 1. The number of anilines is 2. The quantitative estimate of drug-likeness (QED) is 0.382. The van der Waals surface area contributed by atoms with Gasteiger partial charge in [0.05, 0.1) is 12.0 Å². The lowest BCUT2D eigenvalue weighted by Gasteiger charge is -2.14. The van der Waals surface area contributed by atoms with Crippen LogP contribution in [0.15, 0.2) is 31.3 Å². The molecule has 0 radical (unpaired) electrons. The molecule has 0 saturated carbocycles. The van der Waals surface area contributed by atoms with Crippen LogP contribution in [0.1, 0.15) is 63.3 Å². The predicted molar refractivity (Wildman–Crippen MR) is 126 cm³/mol. The van der Waals surface area contributed by atoms with Crippen LogP contribution in [0.4, 0.5) is 11.5 Å². The van der Waals surface area contributed by atoms with E-state index in [1.165, 1.54) is 9.69 Å². The Hall–Kier alpha value is -2.19. The van der Waals surface area contributed by atoms with Crippen LogP contribution in [-0.4, -0.2) is 44.2 Å². The molecule has 3 aromatic heterocycles. The van der Waals surface area contributed by atoms with Gasteiger partial charge >= 0.3 is 0 Å². The number of aromatic hydroxyl groups is 1. The topological polar surface area (TPSA) is 147 Å². The van der Waals surface area contributed by atoms with Crippen LogP contribution in [-0.2, 0) is 10.0 Å². The van der Waals surface area contributed by atoms with Crippen molar-refractivity contribution < 1.29 is 22.5 Å². The number of thiophene rings is 1. The van der Waals surface area contributed by atoms with Gasteiger partial charge in [0.1, 0.15) is 11.8 Å². The first-order valence-electron chi connectivity index (χ1n) is 10.7. The van der Waals surface area contributed by atoms with E-state index < -0.39 is 21.2 Å². The Morgan fingerprint density at radius 1 is 1.42 bits per heavy atom. The molecule has 2 atom stereocenters. The summed E-state index contributed by atoms with van der Waals surface area (Å²) in [4.78, 5) is 4.63. The second kappa shape index (κ2) is 9.58. The Balaban J connectivity index is 1.64. The van der Waals surface area contributed by atoms with Gasteiger partial charge < -0.3 is 19.4 Å². The van der Waals surface area contributed by atoms with Gasteiger partial charge in [-0.05, 0) is 36.8 Å². The molecule has 0 amide bonds. The van der Waals surface area contributed by atoms with Crippen LogP contribution in [0.3, 0.4) is 0 Å². The van der Waals surface area contributed by atoms with E-state index in [0.29, 0.717) is 31.2 Å².